The van der Waals surface area contributed by atoms with Gasteiger partial charge in [0.25, 0.3) is 0 Å². The van der Waals surface area contributed by atoms with Crippen LogP contribution in [0, 0.1) is 0 Å². The van der Waals surface area contributed by atoms with E-state index in [1.807, 2.05) is 0 Å². The van der Waals surface area contributed by atoms with E-state index < -0.39 is 16.0 Å². The molecule has 1 aliphatic carbocycles. The summed E-state index contributed by atoms with van der Waals surface area (Å²) in [5.74, 6) is 0.181. The van der Waals surface area contributed by atoms with Gasteiger partial charge in [-0.3, -0.25) is 0 Å². The molecule has 0 bridgehead atoms. The summed E-state index contributed by atoms with van der Waals surface area (Å²) >= 11 is 0. The van der Waals surface area contributed by atoms with Crippen LogP contribution < -0.4 is 0 Å². The van der Waals surface area contributed by atoms with Gasteiger partial charge in [0.1, 0.15) is 6.10 Å². The van der Waals surface area contributed by atoms with Gasteiger partial charge in [-0.25, -0.2) is 13.2 Å². The van der Waals surface area contributed by atoms with Crippen LogP contribution >= 0.6 is 0 Å². The zero-order valence-electron chi connectivity index (χ0n) is 9.64. The van der Waals surface area contributed by atoms with Crippen LogP contribution in [0.3, 0.4) is 0 Å². The van der Waals surface area contributed by atoms with Gasteiger partial charge in [-0.1, -0.05) is 6.92 Å². The Hall–Kier alpha value is -0.780. The first kappa shape index (κ1) is 13.3. The summed E-state index contributed by atoms with van der Waals surface area (Å²) in [5.41, 5.74) is 0. The highest BCUT2D eigenvalue weighted by Crippen LogP contribution is 2.26. The molecule has 0 aliphatic heterocycles. The molecule has 0 spiro atoms. The van der Waals surface area contributed by atoms with Crippen molar-refractivity contribution in [2.75, 3.05) is 12.9 Å². The summed E-state index contributed by atoms with van der Waals surface area (Å²) in [7, 11) is -1.69. The molecule has 6 heteroatoms. The third-order valence-corrected chi connectivity index (χ3v) is 5.25. The molecule has 0 amide bonds. The first-order valence-electron chi connectivity index (χ1n) is 5.45. The van der Waals surface area contributed by atoms with Crippen LogP contribution in [0.25, 0.3) is 0 Å². The minimum atomic E-state index is -2.95. The third-order valence-electron chi connectivity index (χ3n) is 2.96. The van der Waals surface area contributed by atoms with Gasteiger partial charge < -0.3 is 9.47 Å². The topological polar surface area (TPSA) is 69.7 Å². The molecule has 0 saturated heterocycles. The Morgan fingerprint density at radius 3 is 2.25 bits per heavy atom. The molecule has 16 heavy (non-hydrogen) atoms. The number of ether oxygens (including phenoxy) is 2. The number of methoxy groups -OCH3 is 1. The van der Waals surface area contributed by atoms with Gasteiger partial charge in [-0.15, -0.1) is 0 Å². The summed E-state index contributed by atoms with van der Waals surface area (Å²) in [5, 5.41) is -0.269. The van der Waals surface area contributed by atoms with Crippen molar-refractivity contribution < 1.29 is 22.7 Å². The van der Waals surface area contributed by atoms with E-state index in [1.165, 1.54) is 7.11 Å². The Balaban J connectivity index is 2.43. The van der Waals surface area contributed by atoms with Gasteiger partial charge in [0, 0.05) is 5.75 Å². The van der Waals surface area contributed by atoms with Gasteiger partial charge in [0.2, 0.25) is 0 Å². The monoisotopic (exact) mass is 250 g/mol. The third kappa shape index (κ3) is 3.37. The van der Waals surface area contributed by atoms with Crippen molar-refractivity contribution >= 4 is 16.0 Å². The van der Waals surface area contributed by atoms with Crippen LogP contribution in [0.1, 0.15) is 32.6 Å². The second kappa shape index (κ2) is 5.52. The maximum absolute atomic E-state index is 11.6. The smallest absolute Gasteiger partial charge is 0.438 e. The van der Waals surface area contributed by atoms with E-state index in [2.05, 4.69) is 4.74 Å². The SMILES string of the molecule is CCS(=O)(=O)C1CCC(OC(=O)OC)CC1. The van der Waals surface area contributed by atoms with Crippen LogP contribution in [0.15, 0.2) is 0 Å². The number of sulfone groups is 1. The number of hydrogen-bond acceptors (Lipinski definition) is 5. The van der Waals surface area contributed by atoms with Gasteiger partial charge in [-0.05, 0) is 25.7 Å². The number of hydrogen-bond donors (Lipinski definition) is 0. The fraction of sp³-hybridized carbons (Fsp3) is 0.900. The average Bonchev–Trinajstić information content (AvgIpc) is 2.29. The average molecular weight is 250 g/mol. The lowest BCUT2D eigenvalue weighted by molar-refractivity contribution is 0.0235. The number of carbonyl (C=O) groups is 1. The van der Waals surface area contributed by atoms with Crippen molar-refractivity contribution in [3.05, 3.63) is 0 Å². The van der Waals surface area contributed by atoms with Crippen molar-refractivity contribution in [3.8, 4) is 0 Å². The highest BCUT2D eigenvalue weighted by atomic mass is 32.2. The molecule has 0 radical (unpaired) electrons. The Kier molecular flexibility index (Phi) is 4.58. The standard InChI is InChI=1S/C10H18O5S/c1-3-16(12,13)9-6-4-8(5-7-9)15-10(11)14-2/h8-9H,3-7H2,1-2H3. The molecule has 0 aromatic carbocycles. The molecule has 1 rings (SSSR count). The van der Waals surface area contributed by atoms with Crippen molar-refractivity contribution in [2.24, 2.45) is 0 Å². The van der Waals surface area contributed by atoms with Crippen LogP contribution in [0.5, 0.6) is 0 Å². The van der Waals surface area contributed by atoms with Gasteiger partial charge in [0.05, 0.1) is 12.4 Å². The predicted molar refractivity (Wildman–Crippen MR) is 59.0 cm³/mol. The summed E-state index contributed by atoms with van der Waals surface area (Å²) < 4.78 is 32.6. The summed E-state index contributed by atoms with van der Waals surface area (Å²) in [4.78, 5) is 10.9. The summed E-state index contributed by atoms with van der Waals surface area (Å²) in [6.45, 7) is 1.66. The molecular formula is C10H18O5S. The molecule has 0 heterocycles. The van der Waals surface area contributed by atoms with Crippen LogP contribution in [-0.4, -0.2) is 38.8 Å². The second-order valence-electron chi connectivity index (χ2n) is 3.92. The fourth-order valence-corrected chi connectivity index (χ4v) is 3.39. The first-order valence-corrected chi connectivity index (χ1v) is 7.17. The van der Waals surface area contributed by atoms with E-state index in [9.17, 15) is 13.2 Å². The van der Waals surface area contributed by atoms with Crippen LogP contribution in [-0.2, 0) is 19.3 Å². The predicted octanol–water partition coefficient (Wildman–Crippen LogP) is 1.52. The molecule has 1 fully saturated rings. The normalized spacial score (nSPS) is 26.1. The summed E-state index contributed by atoms with van der Waals surface area (Å²) in [6.07, 6.45) is 1.44. The second-order valence-corrected chi connectivity index (χ2v) is 6.49. The fourth-order valence-electron chi connectivity index (χ4n) is 1.93. The minimum absolute atomic E-state index is 0.181. The van der Waals surface area contributed by atoms with Crippen molar-refractivity contribution in [1.82, 2.24) is 0 Å². The molecule has 1 saturated carbocycles. The molecule has 1 aliphatic rings. The molecule has 0 N–H and O–H groups in total. The van der Waals surface area contributed by atoms with Crippen LogP contribution in [0.2, 0.25) is 0 Å². The Labute approximate surface area is 96.0 Å². The van der Waals surface area contributed by atoms with E-state index in [-0.39, 0.29) is 17.1 Å². The Bertz CT molecular complexity index is 327. The molecule has 94 valence electrons. The van der Waals surface area contributed by atoms with Gasteiger partial charge >= 0.3 is 6.16 Å². The maximum atomic E-state index is 11.6. The van der Waals surface area contributed by atoms with E-state index >= 15 is 0 Å². The maximum Gasteiger partial charge on any atom is 0.508 e. The van der Waals surface area contributed by atoms with Gasteiger partial charge in [0.15, 0.2) is 9.84 Å². The summed E-state index contributed by atoms with van der Waals surface area (Å²) in [6, 6.07) is 0. The Morgan fingerprint density at radius 2 is 1.81 bits per heavy atom. The van der Waals surface area contributed by atoms with E-state index in [4.69, 9.17) is 4.74 Å². The van der Waals surface area contributed by atoms with Crippen molar-refractivity contribution in [3.63, 3.8) is 0 Å². The van der Waals surface area contributed by atoms with E-state index in [0.717, 1.165) is 0 Å². The van der Waals surface area contributed by atoms with Gasteiger partial charge in [-0.2, -0.15) is 0 Å². The van der Waals surface area contributed by atoms with Crippen LogP contribution in [0.4, 0.5) is 4.79 Å². The molecule has 5 nitrogen and oxygen atoms in total. The molecular weight excluding hydrogens is 232 g/mol. The number of carbonyl (C=O) groups excluding carboxylic acids is 1. The number of rotatable bonds is 3. The first-order chi connectivity index (χ1) is 7.49. The lowest BCUT2D eigenvalue weighted by atomic mass is 9.97. The minimum Gasteiger partial charge on any atom is -0.438 e. The molecule has 0 aromatic heterocycles. The zero-order valence-corrected chi connectivity index (χ0v) is 10.5. The zero-order chi connectivity index (χ0) is 12.2. The Morgan fingerprint density at radius 1 is 1.25 bits per heavy atom. The van der Waals surface area contributed by atoms with Crippen molar-refractivity contribution in [2.45, 2.75) is 44.0 Å². The van der Waals surface area contributed by atoms with Crippen molar-refractivity contribution in [1.29, 1.82) is 0 Å². The molecule has 0 aromatic rings. The lowest BCUT2D eigenvalue weighted by Gasteiger charge is -2.27. The largest absolute Gasteiger partial charge is 0.508 e. The highest BCUT2D eigenvalue weighted by Gasteiger charge is 2.31. The quantitative estimate of drug-likeness (QED) is 0.710. The van der Waals surface area contributed by atoms with E-state index in [1.54, 1.807) is 6.92 Å². The molecule has 0 unspecified atom stereocenters. The van der Waals surface area contributed by atoms with E-state index in [0.29, 0.717) is 25.7 Å². The molecule has 0 atom stereocenters. The highest BCUT2D eigenvalue weighted by molar-refractivity contribution is 7.92. The lowest BCUT2D eigenvalue weighted by Crippen LogP contribution is -2.32.